The molecule has 23 heavy (non-hydrogen) atoms. The first-order chi connectivity index (χ1) is 11.2. The number of halogens is 1. The first kappa shape index (κ1) is 18.5. The van der Waals surface area contributed by atoms with Gasteiger partial charge in [0.2, 0.25) is 0 Å². The van der Waals surface area contributed by atoms with E-state index in [2.05, 4.69) is 38.1 Å². The van der Waals surface area contributed by atoms with E-state index in [-0.39, 0.29) is 0 Å². The van der Waals surface area contributed by atoms with Crippen molar-refractivity contribution in [3.63, 3.8) is 0 Å². The van der Waals surface area contributed by atoms with Crippen molar-refractivity contribution in [2.45, 2.75) is 96.6 Å². The number of unbranched alkanes of at least 4 members (excludes halogenated alkanes) is 3. The van der Waals surface area contributed by atoms with E-state index in [1.807, 2.05) is 0 Å². The van der Waals surface area contributed by atoms with Gasteiger partial charge in [0.05, 0.1) is 0 Å². The molecule has 0 amide bonds. The lowest BCUT2D eigenvalue weighted by Crippen LogP contribution is -2.12. The molecule has 1 aromatic rings. The summed E-state index contributed by atoms with van der Waals surface area (Å²) in [6, 6.07) is 8.85. The molecule has 1 aromatic carbocycles. The second-order valence-electron chi connectivity index (χ2n) is 7.52. The molecule has 0 nitrogen and oxygen atoms in total. The maximum absolute atomic E-state index is 14.1. The van der Waals surface area contributed by atoms with Crippen LogP contribution in [0.4, 0.5) is 4.39 Å². The zero-order chi connectivity index (χ0) is 16.5. The van der Waals surface area contributed by atoms with Gasteiger partial charge in [0.25, 0.3) is 0 Å². The van der Waals surface area contributed by atoms with Gasteiger partial charge in [-0.1, -0.05) is 70.2 Å². The van der Waals surface area contributed by atoms with Crippen LogP contribution in [0.3, 0.4) is 0 Å². The molecular formula is C22H35F. The van der Waals surface area contributed by atoms with Crippen LogP contribution in [0.15, 0.2) is 24.3 Å². The monoisotopic (exact) mass is 318 g/mol. The maximum Gasteiger partial charge on any atom is 0.104 e. The van der Waals surface area contributed by atoms with Gasteiger partial charge < -0.3 is 0 Å². The first-order valence-corrected chi connectivity index (χ1v) is 9.95. The average molecular weight is 319 g/mol. The summed E-state index contributed by atoms with van der Waals surface area (Å²) in [5.74, 6) is 1.69. The van der Waals surface area contributed by atoms with Gasteiger partial charge >= 0.3 is 0 Å². The summed E-state index contributed by atoms with van der Waals surface area (Å²) in [7, 11) is 0. The van der Waals surface area contributed by atoms with Crippen molar-refractivity contribution in [1.29, 1.82) is 0 Å². The Morgan fingerprint density at radius 3 is 2.26 bits per heavy atom. The molecule has 1 unspecified atom stereocenters. The van der Waals surface area contributed by atoms with Gasteiger partial charge in [-0.3, -0.25) is 0 Å². The maximum atomic E-state index is 14.1. The van der Waals surface area contributed by atoms with Crippen LogP contribution in [0, 0.1) is 5.92 Å². The van der Waals surface area contributed by atoms with E-state index in [1.165, 1.54) is 62.5 Å². The Bertz CT molecular complexity index is 414. The van der Waals surface area contributed by atoms with Gasteiger partial charge in [-0.05, 0) is 55.1 Å². The highest BCUT2D eigenvalue weighted by atomic mass is 19.1. The van der Waals surface area contributed by atoms with Gasteiger partial charge in [-0.15, -0.1) is 0 Å². The Hall–Kier alpha value is -0.850. The standard InChI is InChI=1S/C22H35F/c1-3-5-6-7-8-22(23)17-19-11-15-21(16-12-19)20-13-9-18(4-2)10-14-20/h11-12,15-16,18,20,22H,3-10,13-14,17H2,1-2H3. The molecule has 130 valence electrons. The summed E-state index contributed by atoms with van der Waals surface area (Å²) < 4.78 is 14.1. The fourth-order valence-corrected chi connectivity index (χ4v) is 3.98. The van der Waals surface area contributed by atoms with Crippen LogP contribution in [0.5, 0.6) is 0 Å². The molecular weight excluding hydrogens is 283 g/mol. The van der Waals surface area contributed by atoms with Crippen LogP contribution in [0.1, 0.15) is 95.1 Å². The zero-order valence-corrected chi connectivity index (χ0v) is 15.2. The third kappa shape index (κ3) is 6.28. The van der Waals surface area contributed by atoms with E-state index in [0.717, 1.165) is 24.7 Å². The second kappa shape index (κ2) is 10.1. The summed E-state index contributed by atoms with van der Waals surface area (Å²) in [6.45, 7) is 4.51. The lowest BCUT2D eigenvalue weighted by Gasteiger charge is -2.28. The third-order valence-corrected chi connectivity index (χ3v) is 5.70. The summed E-state index contributed by atoms with van der Waals surface area (Å²) in [6.07, 6.45) is 12.1. The van der Waals surface area contributed by atoms with Crippen LogP contribution in [0.2, 0.25) is 0 Å². The van der Waals surface area contributed by atoms with Gasteiger partial charge in [0.15, 0.2) is 0 Å². The lowest BCUT2D eigenvalue weighted by atomic mass is 9.78. The Kier molecular flexibility index (Phi) is 8.12. The SMILES string of the molecule is CCCCCCC(F)Cc1ccc(C2CCC(CC)CC2)cc1. The van der Waals surface area contributed by atoms with Gasteiger partial charge in [-0.2, -0.15) is 0 Å². The largest absolute Gasteiger partial charge is 0.247 e. The highest BCUT2D eigenvalue weighted by Gasteiger charge is 2.21. The van der Waals surface area contributed by atoms with E-state index >= 15 is 0 Å². The highest BCUT2D eigenvalue weighted by Crippen LogP contribution is 2.36. The van der Waals surface area contributed by atoms with E-state index in [1.54, 1.807) is 0 Å². The fraction of sp³-hybridized carbons (Fsp3) is 0.727. The Morgan fingerprint density at radius 1 is 0.957 bits per heavy atom. The van der Waals surface area contributed by atoms with Crippen molar-refractivity contribution in [1.82, 2.24) is 0 Å². The normalized spacial score (nSPS) is 22.9. The molecule has 1 heteroatoms. The Morgan fingerprint density at radius 2 is 1.65 bits per heavy atom. The Labute approximate surface area is 142 Å². The molecule has 1 saturated carbocycles. The summed E-state index contributed by atoms with van der Waals surface area (Å²) in [5, 5.41) is 0. The van der Waals surface area contributed by atoms with Crippen molar-refractivity contribution >= 4 is 0 Å². The summed E-state index contributed by atoms with van der Waals surface area (Å²) in [4.78, 5) is 0. The van der Waals surface area contributed by atoms with E-state index in [4.69, 9.17) is 0 Å². The first-order valence-electron chi connectivity index (χ1n) is 9.95. The minimum atomic E-state index is -0.669. The molecule has 0 bridgehead atoms. The van der Waals surface area contributed by atoms with E-state index < -0.39 is 6.17 Å². The summed E-state index contributed by atoms with van der Waals surface area (Å²) >= 11 is 0. The predicted molar refractivity (Wildman–Crippen MR) is 98.8 cm³/mol. The van der Waals surface area contributed by atoms with Crippen molar-refractivity contribution in [2.75, 3.05) is 0 Å². The van der Waals surface area contributed by atoms with Crippen molar-refractivity contribution in [3.8, 4) is 0 Å². The molecule has 0 N–H and O–H groups in total. The number of hydrogen-bond acceptors (Lipinski definition) is 0. The van der Waals surface area contributed by atoms with Crippen molar-refractivity contribution < 1.29 is 4.39 Å². The van der Waals surface area contributed by atoms with Gasteiger partial charge in [-0.25, -0.2) is 4.39 Å². The lowest BCUT2D eigenvalue weighted by molar-refractivity contribution is 0.303. The number of hydrogen-bond donors (Lipinski definition) is 0. The quantitative estimate of drug-likeness (QED) is 0.421. The number of rotatable bonds is 9. The van der Waals surface area contributed by atoms with Crippen LogP contribution in [0.25, 0.3) is 0 Å². The van der Waals surface area contributed by atoms with Crippen molar-refractivity contribution in [3.05, 3.63) is 35.4 Å². The van der Waals surface area contributed by atoms with Crippen LogP contribution < -0.4 is 0 Å². The van der Waals surface area contributed by atoms with E-state index in [0.29, 0.717) is 6.42 Å². The van der Waals surface area contributed by atoms with Crippen LogP contribution >= 0.6 is 0 Å². The summed E-state index contributed by atoms with van der Waals surface area (Å²) in [5.41, 5.74) is 2.64. The molecule has 0 radical (unpaired) electrons. The fourth-order valence-electron chi connectivity index (χ4n) is 3.98. The molecule has 2 rings (SSSR count). The van der Waals surface area contributed by atoms with Crippen molar-refractivity contribution in [2.24, 2.45) is 5.92 Å². The van der Waals surface area contributed by atoms with Crippen LogP contribution in [-0.4, -0.2) is 6.17 Å². The van der Waals surface area contributed by atoms with Crippen LogP contribution in [-0.2, 0) is 6.42 Å². The average Bonchev–Trinajstić information content (AvgIpc) is 2.59. The molecule has 1 aliphatic rings. The van der Waals surface area contributed by atoms with Gasteiger partial charge in [0, 0.05) is 6.42 Å². The predicted octanol–water partition coefficient (Wildman–Crippen LogP) is 7.22. The Balaban J connectivity index is 1.76. The molecule has 0 spiro atoms. The molecule has 0 aliphatic heterocycles. The minimum Gasteiger partial charge on any atom is -0.247 e. The van der Waals surface area contributed by atoms with Gasteiger partial charge in [0.1, 0.15) is 6.17 Å². The smallest absolute Gasteiger partial charge is 0.104 e. The minimum absolute atomic E-state index is 0.592. The number of alkyl halides is 1. The zero-order valence-electron chi connectivity index (χ0n) is 15.2. The molecule has 0 saturated heterocycles. The second-order valence-corrected chi connectivity index (χ2v) is 7.52. The number of benzene rings is 1. The molecule has 0 aromatic heterocycles. The molecule has 0 heterocycles. The topological polar surface area (TPSA) is 0 Å². The molecule has 1 atom stereocenters. The highest BCUT2D eigenvalue weighted by molar-refractivity contribution is 5.26. The molecule has 1 aliphatic carbocycles. The third-order valence-electron chi connectivity index (χ3n) is 5.70. The van der Waals surface area contributed by atoms with E-state index in [9.17, 15) is 4.39 Å². The molecule has 1 fully saturated rings.